The van der Waals surface area contributed by atoms with Crippen LogP contribution in [0, 0.1) is 0 Å². The van der Waals surface area contributed by atoms with Gasteiger partial charge in [0.2, 0.25) is 0 Å². The van der Waals surface area contributed by atoms with Gasteiger partial charge in [-0.1, -0.05) is 23.7 Å². The van der Waals surface area contributed by atoms with Gasteiger partial charge in [0.15, 0.2) is 0 Å². The Hall–Kier alpha value is -2.28. The molecular weight excluding hydrogens is 380 g/mol. The summed E-state index contributed by atoms with van der Waals surface area (Å²) in [6.07, 6.45) is 3.63. The van der Waals surface area contributed by atoms with Crippen molar-refractivity contribution in [2.45, 2.75) is 6.54 Å². The van der Waals surface area contributed by atoms with Crippen molar-refractivity contribution < 1.29 is 4.79 Å². The molecule has 1 amide bonds. The molecule has 0 radical (unpaired) electrons. The van der Waals surface area contributed by atoms with E-state index in [1.54, 1.807) is 0 Å². The first kappa shape index (κ1) is 18.1. The molecule has 5 nitrogen and oxygen atoms in total. The molecule has 0 bridgehead atoms. The van der Waals surface area contributed by atoms with Crippen LogP contribution in [0.1, 0.15) is 16.1 Å². The third-order valence-electron chi connectivity index (χ3n) is 4.63. The summed E-state index contributed by atoms with van der Waals surface area (Å²) in [5, 5.41) is 3.37. The molecule has 1 aliphatic heterocycles. The molecule has 0 unspecified atom stereocenters. The van der Waals surface area contributed by atoms with Gasteiger partial charge < -0.3 is 4.90 Å². The number of piperazine rings is 1. The summed E-state index contributed by atoms with van der Waals surface area (Å²) < 4.78 is 0. The average Bonchev–Trinajstić information content (AvgIpc) is 3.20. The first-order valence-electron chi connectivity index (χ1n) is 8.81. The minimum atomic E-state index is 0.00928. The standard InChI is InChI=1S/C20H19ClN4OS/c21-17-3-1-16(2-4-17)19-23-18(14-27-19)20(26)25-11-9-24(10-12-25)13-15-5-7-22-8-6-15/h1-8,14H,9-13H2. The minimum Gasteiger partial charge on any atom is -0.335 e. The van der Waals surface area contributed by atoms with Crippen LogP contribution in [0.25, 0.3) is 10.6 Å². The number of nitrogens with zero attached hydrogens (tertiary/aromatic N) is 4. The molecule has 0 N–H and O–H groups in total. The Morgan fingerprint density at radius 3 is 2.44 bits per heavy atom. The molecular formula is C20H19ClN4OS. The number of carbonyl (C=O) groups excluding carboxylic acids is 1. The number of rotatable bonds is 4. The summed E-state index contributed by atoms with van der Waals surface area (Å²) in [6, 6.07) is 11.6. The second kappa shape index (κ2) is 8.17. The average molecular weight is 399 g/mol. The van der Waals surface area contributed by atoms with E-state index in [4.69, 9.17) is 11.6 Å². The van der Waals surface area contributed by atoms with E-state index in [2.05, 4.69) is 14.9 Å². The van der Waals surface area contributed by atoms with Gasteiger partial charge in [-0.05, 0) is 29.8 Å². The second-order valence-electron chi connectivity index (χ2n) is 6.47. The van der Waals surface area contributed by atoms with Gasteiger partial charge in [0.05, 0.1) is 0 Å². The van der Waals surface area contributed by atoms with Crippen molar-refractivity contribution in [3.05, 3.63) is 70.5 Å². The van der Waals surface area contributed by atoms with Crippen LogP contribution in [0.5, 0.6) is 0 Å². The topological polar surface area (TPSA) is 49.3 Å². The molecule has 0 spiro atoms. The lowest BCUT2D eigenvalue weighted by atomic mass is 10.2. The lowest BCUT2D eigenvalue weighted by Crippen LogP contribution is -2.48. The number of pyridine rings is 1. The van der Waals surface area contributed by atoms with Crippen molar-refractivity contribution in [3.8, 4) is 10.6 Å². The van der Waals surface area contributed by atoms with Crippen molar-refractivity contribution in [3.63, 3.8) is 0 Å². The molecule has 3 heterocycles. The van der Waals surface area contributed by atoms with Crippen LogP contribution < -0.4 is 0 Å². The van der Waals surface area contributed by atoms with E-state index in [0.29, 0.717) is 10.7 Å². The fourth-order valence-corrected chi connectivity index (χ4v) is 4.04. The third kappa shape index (κ3) is 4.35. The fraction of sp³-hybridized carbons (Fsp3) is 0.250. The molecule has 2 aromatic heterocycles. The molecule has 1 aromatic carbocycles. The summed E-state index contributed by atoms with van der Waals surface area (Å²) >= 11 is 7.42. The maximum Gasteiger partial charge on any atom is 0.273 e. The van der Waals surface area contributed by atoms with Crippen LogP contribution in [-0.4, -0.2) is 51.9 Å². The molecule has 1 aliphatic rings. The number of hydrogen-bond acceptors (Lipinski definition) is 5. The van der Waals surface area contributed by atoms with Gasteiger partial charge in [-0.3, -0.25) is 14.7 Å². The number of carbonyl (C=O) groups is 1. The summed E-state index contributed by atoms with van der Waals surface area (Å²) in [5.74, 6) is 0.00928. The molecule has 7 heteroatoms. The fourth-order valence-electron chi connectivity index (χ4n) is 3.11. The lowest BCUT2D eigenvalue weighted by Gasteiger charge is -2.34. The molecule has 1 fully saturated rings. The summed E-state index contributed by atoms with van der Waals surface area (Å²) in [4.78, 5) is 25.6. The number of amides is 1. The second-order valence-corrected chi connectivity index (χ2v) is 7.76. The van der Waals surface area contributed by atoms with Crippen LogP contribution in [0.4, 0.5) is 0 Å². The highest BCUT2D eigenvalue weighted by atomic mass is 35.5. The minimum absolute atomic E-state index is 0.00928. The first-order valence-corrected chi connectivity index (χ1v) is 10.1. The Kier molecular flexibility index (Phi) is 5.48. The number of halogens is 1. The van der Waals surface area contributed by atoms with Crippen molar-refractivity contribution >= 4 is 28.8 Å². The molecule has 4 rings (SSSR count). The van der Waals surface area contributed by atoms with Crippen LogP contribution in [0.15, 0.2) is 54.2 Å². The lowest BCUT2D eigenvalue weighted by molar-refractivity contribution is 0.0623. The van der Waals surface area contributed by atoms with Crippen LogP contribution >= 0.6 is 22.9 Å². The number of aromatic nitrogens is 2. The molecule has 27 heavy (non-hydrogen) atoms. The maximum absolute atomic E-state index is 12.8. The van der Waals surface area contributed by atoms with E-state index in [0.717, 1.165) is 43.3 Å². The summed E-state index contributed by atoms with van der Waals surface area (Å²) in [5.41, 5.74) is 2.75. The Balaban J connectivity index is 1.36. The van der Waals surface area contributed by atoms with E-state index < -0.39 is 0 Å². The Morgan fingerprint density at radius 2 is 1.74 bits per heavy atom. The highest BCUT2D eigenvalue weighted by Crippen LogP contribution is 2.25. The van der Waals surface area contributed by atoms with E-state index in [-0.39, 0.29) is 5.91 Å². The molecule has 0 saturated carbocycles. The largest absolute Gasteiger partial charge is 0.335 e. The van der Waals surface area contributed by atoms with Crippen LogP contribution in [0.2, 0.25) is 5.02 Å². The monoisotopic (exact) mass is 398 g/mol. The predicted octanol–water partition coefficient (Wildman–Crippen LogP) is 3.82. The molecule has 0 atom stereocenters. The molecule has 3 aromatic rings. The normalized spacial score (nSPS) is 15.1. The SMILES string of the molecule is O=C(c1csc(-c2ccc(Cl)cc2)n1)N1CCN(Cc2ccncc2)CC1. The van der Waals surface area contributed by atoms with E-state index in [1.165, 1.54) is 16.9 Å². The number of thiazole rings is 1. The van der Waals surface area contributed by atoms with Crippen molar-refractivity contribution in [2.75, 3.05) is 26.2 Å². The molecule has 138 valence electrons. The van der Waals surface area contributed by atoms with Crippen molar-refractivity contribution in [1.82, 2.24) is 19.8 Å². The molecule has 0 aliphatic carbocycles. The van der Waals surface area contributed by atoms with Gasteiger partial charge in [-0.25, -0.2) is 4.98 Å². The third-order valence-corrected chi connectivity index (χ3v) is 5.77. The Labute approximate surface area is 167 Å². The predicted molar refractivity (Wildman–Crippen MR) is 108 cm³/mol. The van der Waals surface area contributed by atoms with E-state index >= 15 is 0 Å². The van der Waals surface area contributed by atoms with Gasteiger partial charge in [0, 0.05) is 61.1 Å². The van der Waals surface area contributed by atoms with Gasteiger partial charge >= 0.3 is 0 Å². The zero-order chi connectivity index (χ0) is 18.6. The summed E-state index contributed by atoms with van der Waals surface area (Å²) in [7, 11) is 0. The van der Waals surface area contributed by atoms with Gasteiger partial charge in [-0.15, -0.1) is 11.3 Å². The van der Waals surface area contributed by atoms with Gasteiger partial charge in [-0.2, -0.15) is 0 Å². The highest BCUT2D eigenvalue weighted by Gasteiger charge is 2.24. The first-order chi connectivity index (χ1) is 13.2. The van der Waals surface area contributed by atoms with E-state index in [9.17, 15) is 4.79 Å². The van der Waals surface area contributed by atoms with Crippen LogP contribution in [-0.2, 0) is 6.54 Å². The number of hydrogen-bond donors (Lipinski definition) is 0. The van der Waals surface area contributed by atoms with Gasteiger partial charge in [0.25, 0.3) is 5.91 Å². The number of benzene rings is 1. The molecule has 1 saturated heterocycles. The highest BCUT2D eigenvalue weighted by molar-refractivity contribution is 7.13. The smallest absolute Gasteiger partial charge is 0.273 e. The Morgan fingerprint density at radius 1 is 1.04 bits per heavy atom. The van der Waals surface area contributed by atoms with Crippen molar-refractivity contribution in [2.24, 2.45) is 0 Å². The van der Waals surface area contributed by atoms with Crippen LogP contribution in [0.3, 0.4) is 0 Å². The van der Waals surface area contributed by atoms with Gasteiger partial charge in [0.1, 0.15) is 10.7 Å². The zero-order valence-corrected chi connectivity index (χ0v) is 16.3. The zero-order valence-electron chi connectivity index (χ0n) is 14.7. The maximum atomic E-state index is 12.8. The van der Waals surface area contributed by atoms with E-state index in [1.807, 2.05) is 59.1 Å². The summed E-state index contributed by atoms with van der Waals surface area (Å²) in [6.45, 7) is 4.06. The quantitative estimate of drug-likeness (QED) is 0.670. The van der Waals surface area contributed by atoms with Crippen molar-refractivity contribution in [1.29, 1.82) is 0 Å². The Bertz CT molecular complexity index is 905.